The third kappa shape index (κ3) is 4.06. The van der Waals surface area contributed by atoms with E-state index < -0.39 is 5.41 Å². The van der Waals surface area contributed by atoms with Gasteiger partial charge in [0.25, 0.3) is 5.91 Å². The number of anilines is 3. The molecule has 0 saturated heterocycles. The van der Waals surface area contributed by atoms with Crippen molar-refractivity contribution in [1.29, 1.82) is 5.26 Å². The lowest BCUT2D eigenvalue weighted by atomic mass is 9.85. The maximum absolute atomic E-state index is 12.9. The Bertz CT molecular complexity index is 1220. The summed E-state index contributed by atoms with van der Waals surface area (Å²) in [4.78, 5) is 19.6. The van der Waals surface area contributed by atoms with E-state index in [-0.39, 0.29) is 5.91 Å². The second-order valence-corrected chi connectivity index (χ2v) is 8.18. The SMILES string of the molecule is Cc1ccc(NC(=O)c2cccc(C(C)(C)C#N)c2)cc1N1CC=Nc2ccccc21. The van der Waals surface area contributed by atoms with Gasteiger partial charge in [-0.05, 0) is 68.3 Å². The molecule has 31 heavy (non-hydrogen) atoms. The maximum atomic E-state index is 12.9. The molecule has 1 aliphatic rings. The van der Waals surface area contributed by atoms with E-state index in [2.05, 4.69) is 34.3 Å². The number of fused-ring (bicyclic) bond motifs is 1. The number of benzene rings is 3. The van der Waals surface area contributed by atoms with Crippen LogP contribution in [0.3, 0.4) is 0 Å². The molecule has 0 bridgehead atoms. The monoisotopic (exact) mass is 408 g/mol. The summed E-state index contributed by atoms with van der Waals surface area (Å²) in [7, 11) is 0. The van der Waals surface area contributed by atoms with Crippen LogP contribution in [-0.4, -0.2) is 18.7 Å². The van der Waals surface area contributed by atoms with Crippen molar-refractivity contribution in [1.82, 2.24) is 0 Å². The van der Waals surface area contributed by atoms with Crippen LogP contribution >= 0.6 is 0 Å². The fourth-order valence-corrected chi connectivity index (χ4v) is 3.64. The Labute approximate surface area is 182 Å². The number of nitrogens with zero attached hydrogens (tertiary/aromatic N) is 3. The number of hydrogen-bond acceptors (Lipinski definition) is 4. The third-order valence-electron chi connectivity index (χ3n) is 5.55. The molecule has 0 aliphatic carbocycles. The van der Waals surface area contributed by atoms with Gasteiger partial charge in [0.2, 0.25) is 0 Å². The average molecular weight is 409 g/mol. The largest absolute Gasteiger partial charge is 0.334 e. The molecular weight excluding hydrogens is 384 g/mol. The molecule has 5 nitrogen and oxygen atoms in total. The second kappa shape index (κ2) is 8.08. The summed E-state index contributed by atoms with van der Waals surface area (Å²) in [6.07, 6.45) is 1.90. The number of rotatable bonds is 4. The zero-order chi connectivity index (χ0) is 22.0. The molecule has 5 heteroatoms. The molecule has 1 amide bonds. The molecular formula is C26H24N4O. The van der Waals surface area contributed by atoms with Gasteiger partial charge < -0.3 is 10.2 Å². The number of carbonyl (C=O) groups is 1. The summed E-state index contributed by atoms with van der Waals surface area (Å²) < 4.78 is 0. The predicted octanol–water partition coefficient (Wildman–Crippen LogP) is 5.90. The van der Waals surface area contributed by atoms with Gasteiger partial charge in [-0.3, -0.25) is 9.79 Å². The third-order valence-corrected chi connectivity index (χ3v) is 5.55. The molecule has 0 unspecified atom stereocenters. The Morgan fingerprint density at radius 3 is 2.68 bits per heavy atom. The molecule has 1 heterocycles. The van der Waals surface area contributed by atoms with Gasteiger partial charge >= 0.3 is 0 Å². The van der Waals surface area contributed by atoms with Crippen molar-refractivity contribution in [3.05, 3.63) is 83.4 Å². The minimum absolute atomic E-state index is 0.203. The summed E-state index contributed by atoms with van der Waals surface area (Å²) in [5.41, 5.74) is 5.51. The van der Waals surface area contributed by atoms with Gasteiger partial charge in [-0.15, -0.1) is 0 Å². The molecule has 3 aromatic rings. The van der Waals surface area contributed by atoms with Crippen LogP contribution in [0.15, 0.2) is 71.7 Å². The van der Waals surface area contributed by atoms with Gasteiger partial charge in [0.15, 0.2) is 0 Å². The first-order chi connectivity index (χ1) is 14.9. The maximum Gasteiger partial charge on any atom is 0.255 e. The van der Waals surface area contributed by atoms with Gasteiger partial charge in [-0.2, -0.15) is 5.26 Å². The molecule has 0 spiro atoms. The van der Waals surface area contributed by atoms with Crippen LogP contribution in [0, 0.1) is 18.3 Å². The minimum atomic E-state index is -0.656. The molecule has 1 aliphatic heterocycles. The molecule has 154 valence electrons. The van der Waals surface area contributed by atoms with E-state index in [1.165, 1.54) is 0 Å². The van der Waals surface area contributed by atoms with Crippen LogP contribution in [0.2, 0.25) is 0 Å². The first-order valence-corrected chi connectivity index (χ1v) is 10.2. The minimum Gasteiger partial charge on any atom is -0.334 e. The lowest BCUT2D eigenvalue weighted by molar-refractivity contribution is 0.102. The Kier molecular flexibility index (Phi) is 5.31. The lowest BCUT2D eigenvalue weighted by Crippen LogP contribution is -2.23. The second-order valence-electron chi connectivity index (χ2n) is 8.18. The number of nitriles is 1. The summed E-state index contributed by atoms with van der Waals surface area (Å²) in [5.74, 6) is -0.203. The van der Waals surface area contributed by atoms with E-state index in [1.54, 1.807) is 12.1 Å². The fraction of sp³-hybridized carbons (Fsp3) is 0.192. The van der Waals surface area contributed by atoms with Crippen LogP contribution in [0.1, 0.15) is 35.3 Å². The van der Waals surface area contributed by atoms with E-state index in [0.29, 0.717) is 12.1 Å². The number of amides is 1. The van der Waals surface area contributed by atoms with E-state index in [0.717, 1.165) is 33.9 Å². The van der Waals surface area contributed by atoms with Crippen molar-refractivity contribution in [2.45, 2.75) is 26.2 Å². The highest BCUT2D eigenvalue weighted by atomic mass is 16.1. The number of aryl methyl sites for hydroxylation is 1. The number of para-hydroxylation sites is 2. The van der Waals surface area contributed by atoms with Crippen molar-refractivity contribution in [3.8, 4) is 6.07 Å². The Balaban J connectivity index is 1.62. The lowest BCUT2D eigenvalue weighted by Gasteiger charge is -2.29. The predicted molar refractivity (Wildman–Crippen MR) is 126 cm³/mol. The highest BCUT2D eigenvalue weighted by molar-refractivity contribution is 6.04. The summed E-state index contributed by atoms with van der Waals surface area (Å²) in [6.45, 7) is 6.41. The summed E-state index contributed by atoms with van der Waals surface area (Å²) in [6, 6.07) is 23.5. The molecule has 1 N–H and O–H groups in total. The Hall–Kier alpha value is -3.91. The summed E-state index contributed by atoms with van der Waals surface area (Å²) >= 11 is 0. The van der Waals surface area contributed by atoms with Crippen molar-refractivity contribution >= 4 is 34.9 Å². The fourth-order valence-electron chi connectivity index (χ4n) is 3.64. The van der Waals surface area contributed by atoms with E-state index >= 15 is 0 Å². The topological polar surface area (TPSA) is 68.5 Å². The normalized spacial score (nSPS) is 12.8. The number of hydrogen-bond donors (Lipinski definition) is 1. The van der Waals surface area contributed by atoms with Crippen molar-refractivity contribution in [2.75, 3.05) is 16.8 Å². The van der Waals surface area contributed by atoms with Gasteiger partial charge in [0.05, 0.1) is 29.4 Å². The molecule has 0 atom stereocenters. The highest BCUT2D eigenvalue weighted by Gasteiger charge is 2.21. The van der Waals surface area contributed by atoms with Gasteiger partial charge in [-0.25, -0.2) is 0 Å². The standard InChI is InChI=1S/C26H24N4O/c1-18-11-12-21(16-24(18)30-14-13-28-22-9-4-5-10-23(22)30)29-25(31)19-7-6-8-20(15-19)26(2,3)17-27/h4-13,15-16H,14H2,1-3H3,(H,29,31). The highest BCUT2D eigenvalue weighted by Crippen LogP contribution is 2.38. The molecule has 0 fully saturated rings. The average Bonchev–Trinajstić information content (AvgIpc) is 2.80. The summed E-state index contributed by atoms with van der Waals surface area (Å²) in [5, 5.41) is 12.4. The number of nitrogens with one attached hydrogen (secondary N) is 1. The van der Waals surface area contributed by atoms with Crippen LogP contribution < -0.4 is 10.2 Å². The van der Waals surface area contributed by atoms with E-state index in [9.17, 15) is 10.1 Å². The Morgan fingerprint density at radius 2 is 1.87 bits per heavy atom. The van der Waals surface area contributed by atoms with Crippen molar-refractivity contribution in [2.24, 2.45) is 4.99 Å². The van der Waals surface area contributed by atoms with Crippen LogP contribution in [-0.2, 0) is 5.41 Å². The first-order valence-electron chi connectivity index (χ1n) is 10.2. The van der Waals surface area contributed by atoms with Crippen molar-refractivity contribution in [3.63, 3.8) is 0 Å². The van der Waals surface area contributed by atoms with Crippen LogP contribution in [0.5, 0.6) is 0 Å². The van der Waals surface area contributed by atoms with Crippen LogP contribution in [0.25, 0.3) is 0 Å². The first kappa shape index (κ1) is 20.4. The molecule has 0 radical (unpaired) electrons. The smallest absolute Gasteiger partial charge is 0.255 e. The number of carbonyl (C=O) groups excluding carboxylic acids is 1. The molecule has 0 saturated carbocycles. The van der Waals surface area contributed by atoms with Gasteiger partial charge in [0, 0.05) is 23.2 Å². The Morgan fingerprint density at radius 1 is 1.06 bits per heavy atom. The molecule has 3 aromatic carbocycles. The van der Waals surface area contributed by atoms with E-state index in [4.69, 9.17) is 0 Å². The molecule has 4 rings (SSSR count). The van der Waals surface area contributed by atoms with Gasteiger partial charge in [-0.1, -0.05) is 30.3 Å². The van der Waals surface area contributed by atoms with Crippen molar-refractivity contribution < 1.29 is 4.79 Å². The van der Waals surface area contributed by atoms with E-state index in [1.807, 2.05) is 68.6 Å². The molecule has 0 aromatic heterocycles. The van der Waals surface area contributed by atoms with Crippen LogP contribution in [0.4, 0.5) is 22.7 Å². The van der Waals surface area contributed by atoms with Gasteiger partial charge in [0.1, 0.15) is 0 Å². The quantitative estimate of drug-likeness (QED) is 0.584. The zero-order valence-electron chi connectivity index (χ0n) is 17.9. The zero-order valence-corrected chi connectivity index (χ0v) is 17.9. The number of aliphatic imine (C=N–C) groups is 1.